The van der Waals surface area contributed by atoms with Crippen molar-refractivity contribution >= 4 is 37.0 Å². The molecule has 1 aromatic heterocycles. The van der Waals surface area contributed by atoms with E-state index in [1.165, 1.54) is 0 Å². The van der Waals surface area contributed by atoms with Crippen LogP contribution in [0.1, 0.15) is 54.3 Å². The first-order valence-corrected chi connectivity index (χ1v) is 30.2. The zero-order valence-electron chi connectivity index (χ0n) is 44.3. The van der Waals surface area contributed by atoms with Gasteiger partial charge < -0.3 is 23.2 Å². The van der Waals surface area contributed by atoms with E-state index in [0.29, 0.717) is 61.6 Å². The molecule has 0 radical (unpaired) electrons. The quantitative estimate of drug-likeness (QED) is 0.0426. The molecule has 79 heavy (non-hydrogen) atoms. The Balaban J connectivity index is 1.01. The van der Waals surface area contributed by atoms with Crippen molar-refractivity contribution in [3.8, 4) is 28.0 Å². The van der Waals surface area contributed by atoms with E-state index in [-0.39, 0.29) is 31.8 Å². The normalized spacial score (nSPS) is 14.4. The molecule has 0 spiro atoms. The zero-order valence-corrected chi connectivity index (χ0v) is 45.9. The van der Waals surface area contributed by atoms with Gasteiger partial charge in [0.2, 0.25) is 5.58 Å². The Morgan fingerprint density at radius 3 is 1.39 bits per heavy atom. The van der Waals surface area contributed by atoms with Crippen LogP contribution in [0.2, 0.25) is 0 Å². The third-order valence-corrected chi connectivity index (χ3v) is 18.2. The predicted molar refractivity (Wildman–Crippen MR) is 311 cm³/mol. The van der Waals surface area contributed by atoms with Crippen LogP contribution in [-0.4, -0.2) is 43.0 Å². The second kappa shape index (κ2) is 25.0. The second-order valence-corrected chi connectivity index (χ2v) is 24.0. The molecular formula is C67H65N2O8S2-. The Morgan fingerprint density at radius 1 is 0.506 bits per heavy atom. The van der Waals surface area contributed by atoms with Crippen molar-refractivity contribution in [1.82, 2.24) is 0 Å². The van der Waals surface area contributed by atoms with Gasteiger partial charge in [-0.15, -0.1) is 0 Å². The minimum absolute atomic E-state index is 0.0370. The third-order valence-electron chi connectivity index (χ3n) is 15.5. The molecule has 2 heterocycles. The molecule has 0 amide bonds. The number of ether oxygens (including phenoxy) is 1. The Bertz CT molecular complexity index is 3610. The maximum atomic E-state index is 13.6. The van der Waals surface area contributed by atoms with Crippen LogP contribution in [0.5, 0.6) is 5.75 Å². The number of hydrogen-bond acceptors (Lipinski definition) is 9. The highest BCUT2D eigenvalue weighted by Gasteiger charge is 2.35. The van der Waals surface area contributed by atoms with Gasteiger partial charge in [-0.2, -0.15) is 4.57 Å². The Labute approximate surface area is 465 Å². The number of benzene rings is 8. The fraction of sp³-hybridized carbons (Fsp3) is 0.239. The van der Waals surface area contributed by atoms with Crippen LogP contribution >= 0.6 is 0 Å². The molecule has 0 aliphatic carbocycles. The van der Waals surface area contributed by atoms with Crippen molar-refractivity contribution in [3.63, 3.8) is 0 Å². The highest BCUT2D eigenvalue weighted by atomic mass is 32.2. The van der Waals surface area contributed by atoms with E-state index >= 15 is 0 Å². The van der Waals surface area contributed by atoms with E-state index in [2.05, 4.69) is 25.1 Å². The molecule has 10 rings (SSSR count). The summed E-state index contributed by atoms with van der Waals surface area (Å²) in [5.74, 6) is 0.463. The highest BCUT2D eigenvalue weighted by Crippen LogP contribution is 2.43. The predicted octanol–water partition coefficient (Wildman–Crippen LogP) is 13.2. The van der Waals surface area contributed by atoms with Crippen LogP contribution in [0.4, 0.5) is 5.69 Å². The topological polar surface area (TPSA) is 144 Å². The fourth-order valence-corrected chi connectivity index (χ4v) is 13.5. The summed E-state index contributed by atoms with van der Waals surface area (Å²) in [5, 5.41) is -2.45. The number of aryl methyl sites for hydroxylation is 1. The molecule has 0 saturated heterocycles. The van der Waals surface area contributed by atoms with Crippen molar-refractivity contribution in [2.24, 2.45) is 17.8 Å². The van der Waals surface area contributed by atoms with Crippen LogP contribution in [0.25, 0.3) is 33.4 Å². The standard InChI is InChI=1S/C67H66N2O8S2/c1-2-49(45-66-68(60-47-56(33-35-62(60)76-66)54-29-17-7-18-30-54)39-37-64(78(70,71)72)58(41-50-21-9-3-10-22-50)42-51-23-11-4-12-24-51)46-67-69(61-48-57(34-36-63(61)77-67)55-31-19-8-20-32-55)40-38-65(79(73,74)75)59(43-52-25-13-5-14-26-52)44-53-27-15-6-16-28-53/h3-36,45,47-49,58-59,64-65H,2,37-44,46H2,1H3,(H-,70,71,72,73,74,75)/p-1. The lowest BCUT2D eigenvalue weighted by atomic mass is 9.88. The molecule has 3 unspecified atom stereocenters. The van der Waals surface area contributed by atoms with Crippen LogP contribution < -0.4 is 14.2 Å². The van der Waals surface area contributed by atoms with Gasteiger partial charge in [-0.3, -0.25) is 0 Å². The summed E-state index contributed by atoms with van der Waals surface area (Å²) in [5.41, 5.74) is 9.88. The molecule has 0 bridgehead atoms. The monoisotopic (exact) mass is 1090 g/mol. The zero-order chi connectivity index (χ0) is 54.8. The summed E-state index contributed by atoms with van der Waals surface area (Å²) in [7, 11) is -9.63. The molecule has 1 aliphatic rings. The van der Waals surface area contributed by atoms with Gasteiger partial charge in [0.05, 0.1) is 42.8 Å². The number of rotatable bonds is 24. The van der Waals surface area contributed by atoms with Gasteiger partial charge in [0.25, 0.3) is 5.52 Å². The number of fused-ring (bicyclic) bond motifs is 2. The summed E-state index contributed by atoms with van der Waals surface area (Å²) in [6, 6.07) is 71.0. The van der Waals surface area contributed by atoms with Crippen LogP contribution in [0.15, 0.2) is 235 Å². The van der Waals surface area contributed by atoms with Gasteiger partial charge in [0.15, 0.2) is 18.2 Å². The van der Waals surface area contributed by atoms with E-state index in [1.807, 2.05) is 216 Å². The first-order chi connectivity index (χ1) is 38.4. The minimum atomic E-state index is -4.82. The molecular weight excluding hydrogens is 1020 g/mol. The second-order valence-electron chi connectivity index (χ2n) is 20.8. The van der Waals surface area contributed by atoms with Gasteiger partial charge in [-0.05, 0) is 125 Å². The Kier molecular flexibility index (Phi) is 17.3. The maximum Gasteiger partial charge on any atom is 0.348 e. The molecule has 0 saturated carbocycles. The van der Waals surface area contributed by atoms with Crippen LogP contribution in [0, 0.1) is 17.8 Å². The number of anilines is 1. The van der Waals surface area contributed by atoms with Gasteiger partial charge in [-0.25, -0.2) is 16.8 Å². The van der Waals surface area contributed by atoms with Crippen molar-refractivity contribution in [1.29, 1.82) is 0 Å². The average Bonchev–Trinajstić information content (AvgIpc) is 4.13. The molecule has 1 aliphatic heterocycles. The minimum Gasteiger partial charge on any atom is -0.748 e. The van der Waals surface area contributed by atoms with Gasteiger partial charge in [0.1, 0.15) is 0 Å². The molecule has 9 aromatic rings. The smallest absolute Gasteiger partial charge is 0.348 e. The van der Waals surface area contributed by atoms with E-state index < -0.39 is 42.6 Å². The molecule has 8 aromatic carbocycles. The van der Waals surface area contributed by atoms with Gasteiger partial charge in [0, 0.05) is 19.0 Å². The van der Waals surface area contributed by atoms with Gasteiger partial charge >= 0.3 is 5.89 Å². The molecule has 0 fully saturated rings. The lowest BCUT2D eigenvalue weighted by Crippen LogP contribution is -2.42. The first-order valence-electron chi connectivity index (χ1n) is 27.3. The number of nitrogens with zero attached hydrogens (tertiary/aromatic N) is 2. The highest BCUT2D eigenvalue weighted by molar-refractivity contribution is 7.86. The van der Waals surface area contributed by atoms with E-state index in [4.69, 9.17) is 9.15 Å². The summed E-state index contributed by atoms with van der Waals surface area (Å²) >= 11 is 0. The van der Waals surface area contributed by atoms with Gasteiger partial charge in [-0.1, -0.05) is 201 Å². The number of aromatic nitrogens is 1. The fourth-order valence-electron chi connectivity index (χ4n) is 11.4. The maximum absolute atomic E-state index is 13.6. The lowest BCUT2D eigenvalue weighted by molar-refractivity contribution is -0.685. The Hall–Kier alpha value is -7.61. The average molecular weight is 1090 g/mol. The van der Waals surface area contributed by atoms with E-state index in [9.17, 15) is 25.9 Å². The van der Waals surface area contributed by atoms with Crippen LogP contribution in [-0.2, 0) is 58.9 Å². The largest absolute Gasteiger partial charge is 0.748 e. The van der Waals surface area contributed by atoms with Crippen molar-refractivity contribution < 1.29 is 39.7 Å². The number of oxazole rings is 1. The SMILES string of the molecule is CCC(C=C1Oc2ccc(-c3ccccc3)cc2N1CCC(C(Cc1ccccc1)Cc1ccccc1)S(=O)(=O)[O-])Cc1oc2ccc(-c3ccccc3)cc2[n+]1CCC(C(Cc1ccccc1)Cc1ccccc1)S(=O)(=O)[O-]. The summed E-state index contributed by atoms with van der Waals surface area (Å²) in [6.07, 6.45) is 4.77. The molecule has 404 valence electrons. The van der Waals surface area contributed by atoms with Crippen LogP contribution in [0.3, 0.4) is 0 Å². The molecule has 0 N–H and O–H groups in total. The summed E-state index contributed by atoms with van der Waals surface area (Å²) in [6.45, 7) is 2.44. The molecule has 3 atom stereocenters. The number of allylic oxidation sites excluding steroid dienone is 1. The van der Waals surface area contributed by atoms with Crippen molar-refractivity contribution in [2.75, 3.05) is 11.4 Å². The Morgan fingerprint density at radius 2 is 0.937 bits per heavy atom. The van der Waals surface area contributed by atoms with Crippen molar-refractivity contribution in [3.05, 3.63) is 258 Å². The summed E-state index contributed by atoms with van der Waals surface area (Å²) in [4.78, 5) is 2.01. The summed E-state index contributed by atoms with van der Waals surface area (Å²) < 4.78 is 97.4. The third kappa shape index (κ3) is 13.8. The lowest BCUT2D eigenvalue weighted by Gasteiger charge is -2.31. The van der Waals surface area contributed by atoms with E-state index in [0.717, 1.165) is 55.7 Å². The van der Waals surface area contributed by atoms with E-state index in [1.54, 1.807) is 0 Å². The van der Waals surface area contributed by atoms with Crippen molar-refractivity contribution in [2.45, 2.75) is 75.3 Å². The number of hydrogen-bond donors (Lipinski definition) is 0. The first kappa shape index (κ1) is 54.7. The molecule has 10 nitrogen and oxygen atoms in total. The molecule has 12 heteroatoms.